The van der Waals surface area contributed by atoms with Gasteiger partial charge >= 0.3 is 0 Å². The molecule has 0 aliphatic heterocycles. The van der Waals surface area contributed by atoms with Crippen LogP contribution in [0.3, 0.4) is 0 Å². The van der Waals surface area contributed by atoms with E-state index in [0.29, 0.717) is 20.6 Å². The van der Waals surface area contributed by atoms with Gasteiger partial charge in [-0.2, -0.15) is 5.10 Å². The van der Waals surface area contributed by atoms with Crippen LogP contribution in [-0.2, 0) is 0 Å². The van der Waals surface area contributed by atoms with Crippen LogP contribution in [0.1, 0.15) is 5.56 Å². The van der Waals surface area contributed by atoms with Crippen molar-refractivity contribution in [2.45, 2.75) is 0 Å². The topological polar surface area (TPSA) is 33.6 Å². The van der Waals surface area contributed by atoms with Gasteiger partial charge in [-0.05, 0) is 36.4 Å². The molecule has 3 nitrogen and oxygen atoms in total. The second kappa shape index (κ2) is 6.84. The second-order valence-corrected chi connectivity index (χ2v) is 5.05. The summed E-state index contributed by atoms with van der Waals surface area (Å²) in [6.07, 6.45) is 1.53. The zero-order valence-electron chi connectivity index (χ0n) is 10.5. The normalized spacial score (nSPS) is 10.8. The SMILES string of the molecule is COc1ccc(N/N=C/c2c(Cl)ccc(Cl)c2Cl)cc1. The summed E-state index contributed by atoms with van der Waals surface area (Å²) < 4.78 is 5.07. The van der Waals surface area contributed by atoms with E-state index in [1.165, 1.54) is 6.21 Å². The molecule has 0 saturated carbocycles. The smallest absolute Gasteiger partial charge is 0.119 e. The molecule has 0 radical (unpaired) electrons. The Morgan fingerprint density at radius 1 is 1.00 bits per heavy atom. The molecule has 2 aromatic carbocycles. The maximum Gasteiger partial charge on any atom is 0.119 e. The molecule has 104 valence electrons. The highest BCUT2D eigenvalue weighted by Gasteiger charge is 2.07. The Morgan fingerprint density at radius 3 is 2.30 bits per heavy atom. The van der Waals surface area contributed by atoms with Crippen LogP contribution in [-0.4, -0.2) is 13.3 Å². The van der Waals surface area contributed by atoms with Crippen molar-refractivity contribution in [2.75, 3.05) is 12.5 Å². The summed E-state index contributed by atoms with van der Waals surface area (Å²) >= 11 is 18.0. The van der Waals surface area contributed by atoms with Gasteiger partial charge in [-0.3, -0.25) is 5.43 Å². The van der Waals surface area contributed by atoms with Crippen molar-refractivity contribution < 1.29 is 4.74 Å². The van der Waals surface area contributed by atoms with Gasteiger partial charge in [0.25, 0.3) is 0 Å². The van der Waals surface area contributed by atoms with Gasteiger partial charge in [0.2, 0.25) is 0 Å². The Balaban J connectivity index is 2.12. The van der Waals surface area contributed by atoms with E-state index in [9.17, 15) is 0 Å². The zero-order valence-corrected chi connectivity index (χ0v) is 12.8. The number of methoxy groups -OCH3 is 1. The number of hydrogen-bond donors (Lipinski definition) is 1. The van der Waals surface area contributed by atoms with E-state index in [-0.39, 0.29) is 0 Å². The molecule has 2 aromatic rings. The fourth-order valence-corrected chi connectivity index (χ4v) is 2.13. The minimum Gasteiger partial charge on any atom is -0.497 e. The summed E-state index contributed by atoms with van der Waals surface area (Å²) in [7, 11) is 1.61. The van der Waals surface area contributed by atoms with Crippen molar-refractivity contribution >= 4 is 46.7 Å². The van der Waals surface area contributed by atoms with Crippen molar-refractivity contribution in [1.82, 2.24) is 0 Å². The molecule has 0 heterocycles. The number of ether oxygens (including phenoxy) is 1. The third-order valence-electron chi connectivity index (χ3n) is 2.56. The highest BCUT2D eigenvalue weighted by atomic mass is 35.5. The number of nitrogens with zero attached hydrogens (tertiary/aromatic N) is 1. The Hall–Kier alpha value is -1.42. The number of hydrazone groups is 1. The Kier molecular flexibility index (Phi) is 5.12. The van der Waals surface area contributed by atoms with E-state index >= 15 is 0 Å². The summed E-state index contributed by atoms with van der Waals surface area (Å²) in [6.45, 7) is 0. The molecular weight excluding hydrogens is 319 g/mol. The molecule has 0 saturated heterocycles. The molecule has 0 bridgehead atoms. The first-order valence-electron chi connectivity index (χ1n) is 5.68. The van der Waals surface area contributed by atoms with Crippen molar-refractivity contribution in [3.8, 4) is 5.75 Å². The first kappa shape index (κ1) is 15.0. The van der Waals surface area contributed by atoms with Gasteiger partial charge in [0, 0.05) is 5.56 Å². The fraction of sp³-hybridized carbons (Fsp3) is 0.0714. The van der Waals surface area contributed by atoms with Crippen molar-refractivity contribution in [3.63, 3.8) is 0 Å². The third kappa shape index (κ3) is 3.57. The summed E-state index contributed by atoms with van der Waals surface area (Å²) in [5.74, 6) is 0.778. The molecular formula is C14H11Cl3N2O. The zero-order chi connectivity index (χ0) is 14.5. The van der Waals surface area contributed by atoms with Gasteiger partial charge in [-0.15, -0.1) is 0 Å². The first-order valence-corrected chi connectivity index (χ1v) is 6.82. The van der Waals surface area contributed by atoms with E-state index in [0.717, 1.165) is 11.4 Å². The van der Waals surface area contributed by atoms with Gasteiger partial charge in [0.15, 0.2) is 0 Å². The number of rotatable bonds is 4. The Labute approximate surface area is 132 Å². The standard InChI is InChI=1S/C14H11Cl3N2O/c1-20-10-4-2-9(3-5-10)19-18-8-11-12(15)6-7-13(16)14(11)17/h2-8,19H,1H3/b18-8+. The van der Waals surface area contributed by atoms with Crippen molar-refractivity contribution in [3.05, 3.63) is 57.0 Å². The highest BCUT2D eigenvalue weighted by molar-refractivity contribution is 6.45. The average Bonchev–Trinajstić information content (AvgIpc) is 2.47. The highest BCUT2D eigenvalue weighted by Crippen LogP contribution is 2.30. The summed E-state index contributed by atoms with van der Waals surface area (Å²) in [5, 5.41) is 5.38. The van der Waals surface area contributed by atoms with E-state index in [1.807, 2.05) is 24.3 Å². The van der Waals surface area contributed by atoms with Gasteiger partial charge in [0.05, 0.1) is 34.1 Å². The van der Waals surface area contributed by atoms with Crippen LogP contribution in [0.15, 0.2) is 41.5 Å². The number of hydrogen-bond acceptors (Lipinski definition) is 3. The van der Waals surface area contributed by atoms with Crippen LogP contribution >= 0.6 is 34.8 Å². The quantitative estimate of drug-likeness (QED) is 0.481. The fourth-order valence-electron chi connectivity index (χ4n) is 1.50. The number of nitrogens with one attached hydrogen (secondary N) is 1. The van der Waals surface area contributed by atoms with Gasteiger partial charge in [-0.25, -0.2) is 0 Å². The molecule has 20 heavy (non-hydrogen) atoms. The maximum absolute atomic E-state index is 6.07. The van der Waals surface area contributed by atoms with Gasteiger partial charge in [-0.1, -0.05) is 34.8 Å². The number of halogens is 3. The molecule has 0 atom stereocenters. The predicted octanol–water partition coefficient (Wildman–Crippen LogP) is 5.10. The Morgan fingerprint density at radius 2 is 1.65 bits per heavy atom. The van der Waals surface area contributed by atoms with Crippen LogP contribution in [0.4, 0.5) is 5.69 Å². The molecule has 0 spiro atoms. The molecule has 0 amide bonds. The number of benzene rings is 2. The van der Waals surface area contributed by atoms with Crippen LogP contribution in [0.5, 0.6) is 5.75 Å². The second-order valence-electron chi connectivity index (χ2n) is 3.86. The van der Waals surface area contributed by atoms with Crippen LogP contribution < -0.4 is 10.2 Å². The van der Waals surface area contributed by atoms with E-state index in [4.69, 9.17) is 39.5 Å². The van der Waals surface area contributed by atoms with E-state index in [1.54, 1.807) is 19.2 Å². The van der Waals surface area contributed by atoms with E-state index < -0.39 is 0 Å². The van der Waals surface area contributed by atoms with E-state index in [2.05, 4.69) is 10.5 Å². The summed E-state index contributed by atoms with van der Waals surface area (Å²) in [5.41, 5.74) is 4.26. The maximum atomic E-state index is 6.07. The molecule has 2 rings (SSSR count). The minimum absolute atomic E-state index is 0.374. The predicted molar refractivity (Wildman–Crippen MR) is 85.7 cm³/mol. The lowest BCUT2D eigenvalue weighted by Gasteiger charge is -2.04. The van der Waals surface area contributed by atoms with Gasteiger partial charge in [0.1, 0.15) is 5.75 Å². The lowest BCUT2D eigenvalue weighted by Crippen LogP contribution is -1.93. The largest absolute Gasteiger partial charge is 0.497 e. The number of anilines is 1. The van der Waals surface area contributed by atoms with Crippen LogP contribution in [0.25, 0.3) is 0 Å². The lowest BCUT2D eigenvalue weighted by molar-refractivity contribution is 0.415. The monoisotopic (exact) mass is 328 g/mol. The molecule has 0 aliphatic rings. The molecule has 1 N–H and O–H groups in total. The van der Waals surface area contributed by atoms with Gasteiger partial charge < -0.3 is 4.74 Å². The average molecular weight is 330 g/mol. The Bertz CT molecular complexity index is 627. The minimum atomic E-state index is 0.374. The third-order valence-corrected chi connectivity index (χ3v) is 3.71. The van der Waals surface area contributed by atoms with Crippen LogP contribution in [0.2, 0.25) is 15.1 Å². The molecule has 0 aliphatic carbocycles. The molecule has 0 fully saturated rings. The summed E-state index contributed by atoms with van der Waals surface area (Å²) in [4.78, 5) is 0. The van der Waals surface area contributed by atoms with Crippen molar-refractivity contribution in [2.24, 2.45) is 5.10 Å². The molecule has 0 aromatic heterocycles. The van der Waals surface area contributed by atoms with Crippen molar-refractivity contribution in [1.29, 1.82) is 0 Å². The summed E-state index contributed by atoms with van der Waals surface area (Å²) in [6, 6.07) is 10.7. The molecule has 0 unspecified atom stereocenters. The first-order chi connectivity index (χ1) is 9.61. The van der Waals surface area contributed by atoms with Crippen LogP contribution in [0, 0.1) is 0 Å². The lowest BCUT2D eigenvalue weighted by atomic mass is 10.2. The molecule has 6 heteroatoms.